The second-order valence-corrected chi connectivity index (χ2v) is 9.21. The Morgan fingerprint density at radius 3 is 2.50 bits per heavy atom. The average Bonchev–Trinajstić information content (AvgIpc) is 2.87. The van der Waals surface area contributed by atoms with Crippen LogP contribution in [0, 0.1) is 6.92 Å². The van der Waals surface area contributed by atoms with E-state index in [9.17, 15) is 13.2 Å². The molecule has 1 aromatic heterocycles. The molecule has 0 aliphatic heterocycles. The summed E-state index contributed by atoms with van der Waals surface area (Å²) in [5.74, 6) is -0.138. The lowest BCUT2D eigenvalue weighted by Crippen LogP contribution is -2.38. The lowest BCUT2D eigenvalue weighted by atomic mass is 10.1. The fraction of sp³-hybridized carbons (Fsp3) is 0.267. The summed E-state index contributed by atoms with van der Waals surface area (Å²) in [5, 5.41) is 0. The van der Waals surface area contributed by atoms with Crippen LogP contribution in [-0.4, -0.2) is 20.9 Å². The Hall–Kier alpha value is -1.42. The number of carbonyl (C=O) groups is 1. The van der Waals surface area contributed by atoms with E-state index in [1.165, 1.54) is 17.4 Å². The van der Waals surface area contributed by atoms with E-state index in [-0.39, 0.29) is 4.90 Å². The molecule has 0 saturated heterocycles. The van der Waals surface area contributed by atoms with Crippen LogP contribution in [0.5, 0.6) is 5.75 Å². The topological polar surface area (TPSA) is 98.5 Å². The van der Waals surface area contributed by atoms with Crippen molar-refractivity contribution in [1.82, 2.24) is 4.72 Å². The van der Waals surface area contributed by atoms with Crippen molar-refractivity contribution in [1.29, 1.82) is 0 Å². The normalized spacial score (nSPS) is 12.7. The van der Waals surface area contributed by atoms with Gasteiger partial charge in [0.25, 0.3) is 15.9 Å². The molecule has 1 aromatic carbocycles. The van der Waals surface area contributed by atoms with Gasteiger partial charge in [-0.2, -0.15) is 0 Å². The Balaban J connectivity index is 2.14. The molecule has 0 bridgehead atoms. The third-order valence-corrected chi connectivity index (χ3v) is 6.35. The van der Waals surface area contributed by atoms with Crippen molar-refractivity contribution in [2.24, 2.45) is 5.73 Å². The summed E-state index contributed by atoms with van der Waals surface area (Å²) in [6, 6.07) is 6.99. The highest BCUT2D eigenvalue weighted by atomic mass is 79.9. The molecule has 1 unspecified atom stereocenters. The first-order valence-electron chi connectivity index (χ1n) is 7.05. The minimum Gasteiger partial charge on any atom is -0.494 e. The molecule has 0 spiro atoms. The number of benzene rings is 1. The van der Waals surface area contributed by atoms with Crippen LogP contribution in [0.25, 0.3) is 0 Å². The number of rotatable bonds is 6. The first-order valence-corrected chi connectivity index (χ1v) is 10.1. The molecule has 3 N–H and O–H groups in total. The average molecular weight is 433 g/mol. The van der Waals surface area contributed by atoms with Gasteiger partial charge in [-0.05, 0) is 53.5 Å². The van der Waals surface area contributed by atoms with Crippen LogP contribution in [0.1, 0.15) is 23.4 Å². The fourth-order valence-electron chi connectivity index (χ4n) is 2.04. The van der Waals surface area contributed by atoms with Crippen LogP contribution < -0.4 is 15.2 Å². The summed E-state index contributed by atoms with van der Waals surface area (Å²) >= 11 is 4.51. The molecule has 1 atom stereocenters. The highest BCUT2D eigenvalue weighted by Crippen LogP contribution is 2.29. The number of carbonyl (C=O) groups excluding carboxylic acids is 1. The first kappa shape index (κ1) is 18.9. The second kappa shape index (κ2) is 7.64. The number of nitrogens with one attached hydrogen (secondary N) is 1. The Kier molecular flexibility index (Phi) is 6.02. The smallest absolute Gasteiger partial charge is 0.265 e. The fourth-order valence-corrected chi connectivity index (χ4v) is 5.46. The number of nitrogens with two attached hydrogens (primary N) is 1. The number of hydrogen-bond acceptors (Lipinski definition) is 6. The van der Waals surface area contributed by atoms with E-state index in [0.29, 0.717) is 26.6 Å². The molecule has 0 aliphatic rings. The zero-order valence-corrected chi connectivity index (χ0v) is 16.3. The van der Waals surface area contributed by atoms with Gasteiger partial charge in [-0.15, -0.1) is 11.3 Å². The summed E-state index contributed by atoms with van der Waals surface area (Å²) < 4.78 is 32.7. The Morgan fingerprint density at radius 2 is 2.00 bits per heavy atom. The van der Waals surface area contributed by atoms with Crippen LogP contribution in [-0.2, 0) is 14.8 Å². The van der Waals surface area contributed by atoms with Gasteiger partial charge in [-0.3, -0.25) is 4.79 Å². The summed E-state index contributed by atoms with van der Waals surface area (Å²) in [6.07, 6.45) is 0. The van der Waals surface area contributed by atoms with E-state index in [2.05, 4.69) is 15.9 Å². The molecule has 0 aliphatic carbocycles. The van der Waals surface area contributed by atoms with E-state index in [1.807, 2.05) is 11.6 Å². The molecule has 1 amide bonds. The van der Waals surface area contributed by atoms with Gasteiger partial charge in [-0.1, -0.05) is 12.1 Å². The van der Waals surface area contributed by atoms with Gasteiger partial charge in [0.15, 0.2) is 0 Å². The summed E-state index contributed by atoms with van der Waals surface area (Å²) in [7, 11) is -3.96. The van der Waals surface area contributed by atoms with E-state index in [4.69, 9.17) is 10.5 Å². The maximum Gasteiger partial charge on any atom is 0.265 e. The van der Waals surface area contributed by atoms with Crippen LogP contribution in [0.2, 0.25) is 0 Å². The van der Waals surface area contributed by atoms with Crippen LogP contribution in [0.15, 0.2) is 39.0 Å². The second-order valence-electron chi connectivity index (χ2n) is 4.92. The lowest BCUT2D eigenvalue weighted by Gasteiger charge is -2.13. The first-order chi connectivity index (χ1) is 11.2. The standard InChI is InChI=1S/C15H17BrN2O4S2/c1-3-22-11-6-4-10(5-7-11)14(17)15(19)18-24(20,21)12-8-13(16)23-9(12)2/h4-8,14H,3,17H2,1-2H3,(H,18,19). The quantitative estimate of drug-likeness (QED) is 0.730. The molecule has 130 valence electrons. The minimum absolute atomic E-state index is 0.0617. The summed E-state index contributed by atoms with van der Waals surface area (Å²) in [4.78, 5) is 12.8. The molecule has 24 heavy (non-hydrogen) atoms. The van der Waals surface area contributed by atoms with Crippen molar-refractivity contribution in [3.63, 3.8) is 0 Å². The number of thiophene rings is 1. The van der Waals surface area contributed by atoms with Gasteiger partial charge in [0.2, 0.25) is 0 Å². The number of ether oxygens (including phenoxy) is 1. The van der Waals surface area contributed by atoms with E-state index in [1.54, 1.807) is 31.2 Å². The number of amides is 1. The van der Waals surface area contributed by atoms with Crippen molar-refractivity contribution < 1.29 is 17.9 Å². The SMILES string of the molecule is CCOc1ccc(C(N)C(=O)NS(=O)(=O)c2cc(Br)sc2C)cc1. The molecule has 2 rings (SSSR count). The third-order valence-electron chi connectivity index (χ3n) is 3.20. The predicted octanol–water partition coefficient (Wildman–Crippen LogP) is 2.72. The number of sulfonamides is 1. The zero-order chi connectivity index (χ0) is 17.9. The third kappa shape index (κ3) is 4.35. The Bertz CT molecular complexity index is 832. The number of halogens is 1. The highest BCUT2D eigenvalue weighted by Gasteiger charge is 2.25. The lowest BCUT2D eigenvalue weighted by molar-refractivity contribution is -0.120. The van der Waals surface area contributed by atoms with Gasteiger partial charge in [0.1, 0.15) is 16.7 Å². The predicted molar refractivity (Wildman–Crippen MR) is 96.6 cm³/mol. The van der Waals surface area contributed by atoms with E-state index >= 15 is 0 Å². The van der Waals surface area contributed by atoms with Crippen LogP contribution in [0.4, 0.5) is 0 Å². The summed E-state index contributed by atoms with van der Waals surface area (Å²) in [6.45, 7) is 4.06. The molecule has 6 nitrogen and oxygen atoms in total. The van der Waals surface area contributed by atoms with Gasteiger partial charge >= 0.3 is 0 Å². The minimum atomic E-state index is -3.96. The molecule has 2 aromatic rings. The van der Waals surface area contributed by atoms with Crippen LogP contribution >= 0.6 is 27.3 Å². The van der Waals surface area contributed by atoms with Gasteiger partial charge in [0, 0.05) is 4.88 Å². The number of aryl methyl sites for hydroxylation is 1. The maximum atomic E-state index is 12.3. The van der Waals surface area contributed by atoms with E-state index < -0.39 is 22.0 Å². The molecule has 0 saturated carbocycles. The zero-order valence-electron chi connectivity index (χ0n) is 13.1. The molecular weight excluding hydrogens is 416 g/mol. The molecule has 0 fully saturated rings. The maximum absolute atomic E-state index is 12.3. The number of hydrogen-bond donors (Lipinski definition) is 2. The van der Waals surface area contributed by atoms with Crippen molar-refractivity contribution in [2.45, 2.75) is 24.8 Å². The monoisotopic (exact) mass is 432 g/mol. The Morgan fingerprint density at radius 1 is 1.38 bits per heavy atom. The molecule has 9 heteroatoms. The summed E-state index contributed by atoms with van der Waals surface area (Å²) in [5.41, 5.74) is 6.36. The van der Waals surface area contributed by atoms with Gasteiger partial charge in [0.05, 0.1) is 10.4 Å². The van der Waals surface area contributed by atoms with Crippen LogP contribution in [0.3, 0.4) is 0 Å². The Labute approximate surface area is 153 Å². The van der Waals surface area contributed by atoms with Crippen molar-refractivity contribution in [3.8, 4) is 5.75 Å². The molecular formula is C15H17BrN2O4S2. The molecule has 0 radical (unpaired) electrons. The van der Waals surface area contributed by atoms with E-state index in [0.717, 1.165) is 0 Å². The molecule has 1 heterocycles. The van der Waals surface area contributed by atoms with Crippen molar-refractivity contribution in [2.75, 3.05) is 6.61 Å². The van der Waals surface area contributed by atoms with Gasteiger partial charge < -0.3 is 10.5 Å². The highest BCUT2D eigenvalue weighted by molar-refractivity contribution is 9.11. The largest absolute Gasteiger partial charge is 0.494 e. The van der Waals surface area contributed by atoms with Crippen molar-refractivity contribution in [3.05, 3.63) is 44.6 Å². The van der Waals surface area contributed by atoms with Gasteiger partial charge in [-0.25, -0.2) is 13.1 Å². The van der Waals surface area contributed by atoms with Crippen molar-refractivity contribution >= 4 is 43.2 Å².